The van der Waals surface area contributed by atoms with Crippen LogP contribution in [0.2, 0.25) is 0 Å². The van der Waals surface area contributed by atoms with Gasteiger partial charge in [-0.3, -0.25) is 9.48 Å². The topological polar surface area (TPSA) is 59.0 Å². The molecule has 2 N–H and O–H groups in total. The molecule has 5 heteroatoms. The molecule has 5 nitrogen and oxygen atoms in total. The van der Waals surface area contributed by atoms with Crippen LogP contribution in [-0.2, 0) is 18.3 Å². The molecule has 1 aromatic heterocycles. The van der Waals surface area contributed by atoms with Gasteiger partial charge in [-0.25, -0.2) is 0 Å². The predicted octanol–water partition coefficient (Wildman–Crippen LogP) is 2.69. The Morgan fingerprint density at radius 3 is 2.75 bits per heavy atom. The Hall–Kier alpha value is -1.52. The second-order valence-corrected chi connectivity index (χ2v) is 6.05. The maximum Gasteiger partial charge on any atom is 0.247 e. The number of aryl methyl sites for hydroxylation is 2. The smallest absolute Gasteiger partial charge is 0.247 e. The number of nitrogens with one attached hydrogen (secondary N) is 2. The van der Waals surface area contributed by atoms with Crippen molar-refractivity contribution in [2.75, 3.05) is 10.6 Å². The predicted molar refractivity (Wildman–Crippen MR) is 79.8 cm³/mol. The number of hydrogen-bond donors (Lipinski definition) is 2. The summed E-state index contributed by atoms with van der Waals surface area (Å²) in [5, 5.41) is 11.1. The van der Waals surface area contributed by atoms with E-state index in [1.807, 2.05) is 11.7 Å². The zero-order chi connectivity index (χ0) is 14.1. The molecule has 20 heavy (non-hydrogen) atoms. The lowest BCUT2D eigenvalue weighted by Gasteiger charge is -2.33. The summed E-state index contributed by atoms with van der Waals surface area (Å²) in [6, 6.07) is -0.0901. The molecule has 3 rings (SSSR count). The van der Waals surface area contributed by atoms with E-state index in [2.05, 4.69) is 22.7 Å². The van der Waals surface area contributed by atoms with E-state index in [1.54, 1.807) is 0 Å². The summed E-state index contributed by atoms with van der Waals surface area (Å²) in [5.74, 6) is 1.56. The van der Waals surface area contributed by atoms with E-state index in [0.717, 1.165) is 42.9 Å². The summed E-state index contributed by atoms with van der Waals surface area (Å²) in [6.07, 6.45) is 8.04. The Kier molecular flexibility index (Phi) is 3.68. The molecule has 2 heterocycles. The monoisotopic (exact) mass is 276 g/mol. The molecule has 1 amide bonds. The van der Waals surface area contributed by atoms with Crippen LogP contribution in [0.3, 0.4) is 0 Å². The van der Waals surface area contributed by atoms with Crippen molar-refractivity contribution in [2.24, 2.45) is 13.0 Å². The van der Waals surface area contributed by atoms with Gasteiger partial charge in [0.25, 0.3) is 0 Å². The van der Waals surface area contributed by atoms with Crippen LogP contribution in [0.5, 0.6) is 0 Å². The minimum atomic E-state index is -0.0901. The number of anilines is 2. The number of aromatic nitrogens is 2. The van der Waals surface area contributed by atoms with E-state index in [0.29, 0.717) is 5.92 Å². The average Bonchev–Trinajstić information content (AvgIpc) is 2.75. The van der Waals surface area contributed by atoms with Crippen molar-refractivity contribution >= 4 is 17.4 Å². The first-order valence-corrected chi connectivity index (χ1v) is 7.84. The van der Waals surface area contributed by atoms with Crippen molar-refractivity contribution in [1.82, 2.24) is 9.78 Å². The molecule has 2 aliphatic rings. The molecule has 0 bridgehead atoms. The van der Waals surface area contributed by atoms with Gasteiger partial charge < -0.3 is 10.6 Å². The lowest BCUT2D eigenvalue weighted by molar-refractivity contribution is -0.118. The fourth-order valence-corrected chi connectivity index (χ4v) is 3.50. The molecule has 1 atom stereocenters. The van der Waals surface area contributed by atoms with E-state index in [9.17, 15) is 4.79 Å². The second kappa shape index (κ2) is 5.46. The Bertz CT molecular complexity index is 502. The molecule has 1 aliphatic heterocycles. The van der Waals surface area contributed by atoms with Gasteiger partial charge in [-0.15, -0.1) is 0 Å². The van der Waals surface area contributed by atoms with E-state index < -0.39 is 0 Å². The zero-order valence-corrected chi connectivity index (χ0v) is 12.4. The zero-order valence-electron chi connectivity index (χ0n) is 12.4. The highest BCUT2D eigenvalue weighted by Crippen LogP contribution is 2.35. The van der Waals surface area contributed by atoms with Gasteiger partial charge in [-0.05, 0) is 25.2 Å². The largest absolute Gasteiger partial charge is 0.357 e. The number of nitrogens with zero attached hydrogens (tertiary/aromatic N) is 2. The maximum absolute atomic E-state index is 12.4. The quantitative estimate of drug-likeness (QED) is 0.892. The first kappa shape index (κ1) is 13.5. The van der Waals surface area contributed by atoms with E-state index in [-0.39, 0.29) is 11.9 Å². The molecule has 0 radical (unpaired) electrons. The summed E-state index contributed by atoms with van der Waals surface area (Å²) in [5.41, 5.74) is 1.89. The Balaban J connectivity index is 1.84. The Labute approximate surface area is 120 Å². The van der Waals surface area contributed by atoms with E-state index in [4.69, 9.17) is 0 Å². The van der Waals surface area contributed by atoms with Gasteiger partial charge >= 0.3 is 0 Å². The van der Waals surface area contributed by atoms with E-state index >= 15 is 0 Å². The molecule has 1 aliphatic carbocycles. The SMILES string of the molecule is CCCc1nn(C)c2c1NC(=O)C(C1CCCCC1)N2. The molecule has 0 aromatic carbocycles. The summed E-state index contributed by atoms with van der Waals surface area (Å²) < 4.78 is 1.87. The summed E-state index contributed by atoms with van der Waals surface area (Å²) in [4.78, 5) is 12.4. The number of rotatable bonds is 3. The van der Waals surface area contributed by atoms with Gasteiger partial charge in [0.15, 0.2) is 0 Å². The second-order valence-electron chi connectivity index (χ2n) is 6.05. The minimum absolute atomic E-state index is 0.0901. The lowest BCUT2D eigenvalue weighted by Crippen LogP contribution is -2.45. The molecular weight excluding hydrogens is 252 g/mol. The van der Waals surface area contributed by atoms with Crippen molar-refractivity contribution < 1.29 is 4.79 Å². The van der Waals surface area contributed by atoms with Crippen LogP contribution in [0.1, 0.15) is 51.1 Å². The average molecular weight is 276 g/mol. The lowest BCUT2D eigenvalue weighted by atomic mass is 9.83. The highest BCUT2D eigenvalue weighted by molar-refractivity contribution is 6.03. The minimum Gasteiger partial charge on any atom is -0.357 e. The van der Waals surface area contributed by atoms with Crippen LogP contribution in [0.25, 0.3) is 0 Å². The van der Waals surface area contributed by atoms with Crippen LogP contribution in [0.4, 0.5) is 11.5 Å². The van der Waals surface area contributed by atoms with Gasteiger partial charge in [0.05, 0.1) is 5.69 Å². The van der Waals surface area contributed by atoms with Crippen molar-refractivity contribution in [3.63, 3.8) is 0 Å². The standard InChI is InChI=1S/C15H24N4O/c1-3-7-11-13-14(19(2)18-11)16-12(15(20)17-13)10-8-5-4-6-9-10/h10,12,16H,3-9H2,1-2H3,(H,17,20). The summed E-state index contributed by atoms with van der Waals surface area (Å²) in [6.45, 7) is 2.13. The van der Waals surface area contributed by atoms with Crippen molar-refractivity contribution in [1.29, 1.82) is 0 Å². The van der Waals surface area contributed by atoms with Crippen LogP contribution < -0.4 is 10.6 Å². The number of amides is 1. The number of carbonyl (C=O) groups is 1. The normalized spacial score (nSPS) is 23.1. The Morgan fingerprint density at radius 1 is 1.30 bits per heavy atom. The molecule has 110 valence electrons. The fourth-order valence-electron chi connectivity index (χ4n) is 3.50. The summed E-state index contributed by atoms with van der Waals surface area (Å²) >= 11 is 0. The number of carbonyl (C=O) groups excluding carboxylic acids is 1. The van der Waals surface area contributed by atoms with Crippen molar-refractivity contribution in [3.8, 4) is 0 Å². The van der Waals surface area contributed by atoms with Gasteiger partial charge in [0, 0.05) is 7.05 Å². The van der Waals surface area contributed by atoms with Gasteiger partial charge in [0.1, 0.15) is 17.5 Å². The van der Waals surface area contributed by atoms with Crippen LogP contribution in [-0.4, -0.2) is 21.7 Å². The van der Waals surface area contributed by atoms with Crippen LogP contribution in [0.15, 0.2) is 0 Å². The molecule has 1 aromatic rings. The number of hydrogen-bond acceptors (Lipinski definition) is 3. The first-order valence-electron chi connectivity index (χ1n) is 7.84. The Morgan fingerprint density at radius 2 is 2.05 bits per heavy atom. The van der Waals surface area contributed by atoms with Gasteiger partial charge in [-0.1, -0.05) is 32.6 Å². The third-order valence-corrected chi connectivity index (χ3v) is 4.55. The van der Waals surface area contributed by atoms with Crippen LogP contribution in [0, 0.1) is 5.92 Å². The van der Waals surface area contributed by atoms with Crippen molar-refractivity contribution in [3.05, 3.63) is 5.69 Å². The maximum atomic E-state index is 12.4. The highest BCUT2D eigenvalue weighted by atomic mass is 16.2. The first-order chi connectivity index (χ1) is 9.70. The third-order valence-electron chi connectivity index (χ3n) is 4.55. The van der Waals surface area contributed by atoms with E-state index in [1.165, 1.54) is 19.3 Å². The van der Waals surface area contributed by atoms with Gasteiger partial charge in [-0.2, -0.15) is 5.10 Å². The summed E-state index contributed by atoms with van der Waals surface area (Å²) in [7, 11) is 1.94. The molecule has 1 unspecified atom stereocenters. The highest BCUT2D eigenvalue weighted by Gasteiger charge is 2.35. The molecule has 1 fully saturated rings. The van der Waals surface area contributed by atoms with Crippen molar-refractivity contribution in [2.45, 2.75) is 57.9 Å². The molecule has 0 spiro atoms. The molecular formula is C15H24N4O. The molecule has 0 saturated heterocycles. The third kappa shape index (κ3) is 2.30. The fraction of sp³-hybridized carbons (Fsp3) is 0.733. The van der Waals surface area contributed by atoms with Crippen LogP contribution >= 0.6 is 0 Å². The van der Waals surface area contributed by atoms with Gasteiger partial charge in [0.2, 0.25) is 5.91 Å². The molecule has 1 saturated carbocycles. The number of fused-ring (bicyclic) bond motifs is 1.